The molecule has 232 valence electrons. The second kappa shape index (κ2) is 13.0. The Bertz CT molecular complexity index is 2260. The van der Waals surface area contributed by atoms with Gasteiger partial charge in [0.25, 0.3) is 5.56 Å². The van der Waals surface area contributed by atoms with Crippen LogP contribution in [-0.4, -0.2) is 22.1 Å². The number of aromatic nitrogens is 1. The average molecular weight is 719 g/mol. The van der Waals surface area contributed by atoms with Crippen LogP contribution in [0.15, 0.2) is 104 Å². The number of nitrogens with zero attached hydrogens (tertiary/aromatic N) is 3. The monoisotopic (exact) mass is 717 g/mol. The van der Waals surface area contributed by atoms with Crippen LogP contribution in [-0.2, 0) is 16.1 Å². The maximum atomic E-state index is 14.0. The molecule has 9 nitrogen and oxygen atoms in total. The maximum Gasteiger partial charge on any atom is 0.338 e. The SMILES string of the molecule is CCOC(=O)C1=C(C)N=c2s/c(=C\c3cc(Br)c(OCc4cccc5ccccc45)c([N+](=O)[O-])c3)c(=O)n2[C@H]1c1ccccc1Cl. The van der Waals surface area contributed by atoms with Crippen molar-refractivity contribution in [2.75, 3.05) is 6.61 Å². The molecular formula is C34H25BrClN3O6S. The molecule has 46 heavy (non-hydrogen) atoms. The van der Waals surface area contributed by atoms with Gasteiger partial charge in [-0.25, -0.2) is 9.79 Å². The molecule has 0 amide bonds. The first-order valence-corrected chi connectivity index (χ1v) is 16.2. The number of fused-ring (bicyclic) bond motifs is 2. The minimum absolute atomic E-state index is 0.0740. The molecule has 4 aromatic carbocycles. The van der Waals surface area contributed by atoms with E-state index < -0.39 is 22.5 Å². The van der Waals surface area contributed by atoms with E-state index >= 15 is 0 Å². The van der Waals surface area contributed by atoms with Crippen LogP contribution in [0.5, 0.6) is 5.75 Å². The zero-order valence-corrected chi connectivity index (χ0v) is 27.7. The van der Waals surface area contributed by atoms with E-state index in [4.69, 9.17) is 21.1 Å². The van der Waals surface area contributed by atoms with Gasteiger partial charge >= 0.3 is 11.7 Å². The number of carbonyl (C=O) groups excluding carboxylic acids is 1. The van der Waals surface area contributed by atoms with Crippen molar-refractivity contribution in [3.05, 3.63) is 146 Å². The zero-order chi connectivity index (χ0) is 32.5. The minimum Gasteiger partial charge on any atom is -0.481 e. The Morgan fingerprint density at radius 2 is 1.87 bits per heavy atom. The standard InChI is InChI=1S/C34H25BrClN3O6S/c1-3-44-33(41)29-19(2)37-34-38(30(29)24-13-6-7-14-26(24)36)32(40)28(46-34)17-20-15-25(35)31(27(16-20)39(42)43)45-18-22-11-8-10-21-9-4-5-12-23(21)22/h4-17,30H,3,18H2,1-2H3/b28-17-/t30-/m0/s1. The molecule has 5 aromatic rings. The normalized spacial score (nSPS) is 14.6. The van der Waals surface area contributed by atoms with E-state index in [0.717, 1.165) is 27.7 Å². The van der Waals surface area contributed by atoms with Crippen LogP contribution in [0.2, 0.25) is 5.02 Å². The van der Waals surface area contributed by atoms with Gasteiger partial charge < -0.3 is 9.47 Å². The number of carbonyl (C=O) groups is 1. The van der Waals surface area contributed by atoms with Gasteiger partial charge in [-0.05, 0) is 75.4 Å². The van der Waals surface area contributed by atoms with Gasteiger partial charge in [0.05, 0.1) is 31.8 Å². The molecule has 6 rings (SSSR count). The molecule has 0 unspecified atom stereocenters. The zero-order valence-electron chi connectivity index (χ0n) is 24.5. The number of nitro groups is 1. The number of rotatable bonds is 8. The third-order valence-electron chi connectivity index (χ3n) is 7.51. The summed E-state index contributed by atoms with van der Waals surface area (Å²) in [5.41, 5.74) is 1.75. The topological polar surface area (TPSA) is 113 Å². The summed E-state index contributed by atoms with van der Waals surface area (Å²) in [6, 6.07) is 22.8. The number of thiazole rings is 1. The van der Waals surface area contributed by atoms with Gasteiger partial charge in [0.15, 0.2) is 4.80 Å². The van der Waals surface area contributed by atoms with Crippen molar-refractivity contribution < 1.29 is 19.2 Å². The first kappa shape index (κ1) is 31.4. The van der Waals surface area contributed by atoms with Crippen LogP contribution in [0.3, 0.4) is 0 Å². The Morgan fingerprint density at radius 3 is 2.63 bits per heavy atom. The number of nitro benzene ring substituents is 1. The van der Waals surface area contributed by atoms with Crippen LogP contribution in [0.4, 0.5) is 5.69 Å². The highest BCUT2D eigenvalue weighted by Gasteiger charge is 2.34. The van der Waals surface area contributed by atoms with Gasteiger partial charge in [-0.2, -0.15) is 0 Å². The number of hydrogen-bond acceptors (Lipinski definition) is 8. The first-order valence-electron chi connectivity index (χ1n) is 14.2. The number of hydrogen-bond donors (Lipinski definition) is 0. The van der Waals surface area contributed by atoms with E-state index in [0.29, 0.717) is 31.1 Å². The van der Waals surface area contributed by atoms with Gasteiger partial charge in [-0.1, -0.05) is 83.6 Å². The average Bonchev–Trinajstić information content (AvgIpc) is 3.33. The third kappa shape index (κ3) is 5.89. The molecule has 0 saturated carbocycles. The van der Waals surface area contributed by atoms with E-state index in [1.54, 1.807) is 50.3 Å². The fourth-order valence-corrected chi connectivity index (χ4v) is 7.33. The Morgan fingerprint density at radius 1 is 1.13 bits per heavy atom. The largest absolute Gasteiger partial charge is 0.481 e. The minimum atomic E-state index is -0.878. The summed E-state index contributed by atoms with van der Waals surface area (Å²) in [4.78, 5) is 43.7. The molecule has 1 atom stereocenters. The highest BCUT2D eigenvalue weighted by molar-refractivity contribution is 9.10. The van der Waals surface area contributed by atoms with Crippen molar-refractivity contribution in [2.45, 2.75) is 26.5 Å². The molecular weight excluding hydrogens is 694 g/mol. The van der Waals surface area contributed by atoms with Crippen molar-refractivity contribution in [3.63, 3.8) is 0 Å². The molecule has 0 fully saturated rings. The van der Waals surface area contributed by atoms with Crippen molar-refractivity contribution in [2.24, 2.45) is 4.99 Å². The molecule has 12 heteroatoms. The summed E-state index contributed by atoms with van der Waals surface area (Å²) in [7, 11) is 0. The van der Waals surface area contributed by atoms with E-state index in [2.05, 4.69) is 20.9 Å². The number of allylic oxidation sites excluding steroid dienone is 1. The number of ether oxygens (including phenoxy) is 2. The lowest BCUT2D eigenvalue weighted by Gasteiger charge is -2.25. The fraction of sp³-hybridized carbons (Fsp3) is 0.147. The highest BCUT2D eigenvalue weighted by atomic mass is 79.9. The smallest absolute Gasteiger partial charge is 0.338 e. The van der Waals surface area contributed by atoms with E-state index in [9.17, 15) is 19.7 Å². The molecule has 0 spiro atoms. The molecule has 0 N–H and O–H groups in total. The summed E-state index contributed by atoms with van der Waals surface area (Å²) < 4.78 is 13.4. The van der Waals surface area contributed by atoms with E-state index in [-0.39, 0.29) is 34.8 Å². The molecule has 0 aliphatic carbocycles. The Labute approximate surface area is 280 Å². The molecule has 0 radical (unpaired) electrons. The summed E-state index contributed by atoms with van der Waals surface area (Å²) in [5, 5.41) is 14.6. The fourth-order valence-electron chi connectivity index (χ4n) is 5.46. The predicted molar refractivity (Wildman–Crippen MR) is 181 cm³/mol. The van der Waals surface area contributed by atoms with Gasteiger partial charge in [0.2, 0.25) is 5.75 Å². The molecule has 2 heterocycles. The summed E-state index contributed by atoms with van der Waals surface area (Å²) in [6.45, 7) is 3.64. The lowest BCUT2D eigenvalue weighted by Crippen LogP contribution is -2.40. The predicted octanol–water partition coefficient (Wildman–Crippen LogP) is 6.85. The van der Waals surface area contributed by atoms with Crippen molar-refractivity contribution in [3.8, 4) is 5.75 Å². The Kier molecular flexibility index (Phi) is 8.90. The third-order valence-corrected chi connectivity index (χ3v) is 9.43. The number of benzene rings is 4. The first-order chi connectivity index (χ1) is 22.2. The number of esters is 1. The summed E-state index contributed by atoms with van der Waals surface area (Å²) in [5.74, 6) is -0.522. The lowest BCUT2D eigenvalue weighted by molar-refractivity contribution is -0.386. The quantitative estimate of drug-likeness (QED) is 0.0985. The Hall–Kier alpha value is -4.58. The van der Waals surface area contributed by atoms with Crippen molar-refractivity contribution in [1.29, 1.82) is 0 Å². The van der Waals surface area contributed by atoms with Gasteiger partial charge in [-0.3, -0.25) is 19.5 Å². The van der Waals surface area contributed by atoms with Crippen LogP contribution < -0.4 is 19.6 Å². The Balaban J connectivity index is 1.43. The van der Waals surface area contributed by atoms with Crippen molar-refractivity contribution in [1.82, 2.24) is 4.57 Å². The molecule has 1 aliphatic heterocycles. The van der Waals surface area contributed by atoms with Gasteiger partial charge in [-0.15, -0.1) is 0 Å². The molecule has 1 aliphatic rings. The maximum absolute atomic E-state index is 14.0. The molecule has 1 aromatic heterocycles. The number of halogens is 2. The van der Waals surface area contributed by atoms with Gasteiger partial charge in [0.1, 0.15) is 12.6 Å². The van der Waals surface area contributed by atoms with E-state index in [1.165, 1.54) is 10.6 Å². The molecule has 0 saturated heterocycles. The van der Waals surface area contributed by atoms with Crippen LogP contribution in [0.25, 0.3) is 16.8 Å². The second-order valence-corrected chi connectivity index (χ2v) is 12.6. The summed E-state index contributed by atoms with van der Waals surface area (Å²) in [6.07, 6.45) is 1.56. The second-order valence-electron chi connectivity index (χ2n) is 10.4. The van der Waals surface area contributed by atoms with Crippen molar-refractivity contribution >= 4 is 67.4 Å². The van der Waals surface area contributed by atoms with Crippen LogP contribution >= 0.6 is 38.9 Å². The van der Waals surface area contributed by atoms with Crippen LogP contribution in [0.1, 0.15) is 36.6 Å². The lowest BCUT2D eigenvalue weighted by atomic mass is 9.96. The van der Waals surface area contributed by atoms with Gasteiger partial charge in [0, 0.05) is 11.1 Å². The summed E-state index contributed by atoms with van der Waals surface area (Å²) >= 11 is 11.1. The van der Waals surface area contributed by atoms with E-state index in [1.807, 2.05) is 42.5 Å². The van der Waals surface area contributed by atoms with Crippen LogP contribution in [0, 0.1) is 10.1 Å². The molecule has 0 bridgehead atoms. The highest BCUT2D eigenvalue weighted by Crippen LogP contribution is 2.38.